The zero-order chi connectivity index (χ0) is 23.4. The molecule has 0 heterocycles. The zero-order valence-corrected chi connectivity index (χ0v) is 19.0. The lowest BCUT2D eigenvalue weighted by molar-refractivity contribution is 0.486. The van der Waals surface area contributed by atoms with E-state index in [1.54, 1.807) is 36.4 Å². The molecule has 0 bridgehead atoms. The first kappa shape index (κ1) is 21.6. The Morgan fingerprint density at radius 1 is 0.500 bits per heavy atom. The molecule has 5 aromatic carbocycles. The third-order valence-electron chi connectivity index (χ3n) is 5.29. The van der Waals surface area contributed by atoms with Crippen LogP contribution in [0.25, 0.3) is 10.8 Å². The Morgan fingerprint density at radius 3 is 1.82 bits per heavy atom. The van der Waals surface area contributed by atoms with Gasteiger partial charge in [-0.05, 0) is 71.4 Å². The maximum atomic E-state index is 12.9. The number of benzene rings is 5. The molecule has 0 fully saturated rings. The summed E-state index contributed by atoms with van der Waals surface area (Å²) in [7, 11) is -3.97. The van der Waals surface area contributed by atoms with Crippen LogP contribution in [0.2, 0.25) is 0 Å². The van der Waals surface area contributed by atoms with Gasteiger partial charge in [-0.2, -0.15) is 8.42 Å². The third-order valence-corrected chi connectivity index (χ3v) is 6.53. The quantitative estimate of drug-likeness (QED) is 0.251. The summed E-state index contributed by atoms with van der Waals surface area (Å²) >= 11 is 0. The number of rotatable bonds is 7. The van der Waals surface area contributed by atoms with Gasteiger partial charge in [-0.1, -0.05) is 54.6 Å². The van der Waals surface area contributed by atoms with Crippen molar-refractivity contribution >= 4 is 43.6 Å². The van der Waals surface area contributed by atoms with Crippen LogP contribution in [-0.4, -0.2) is 8.42 Å². The second-order valence-corrected chi connectivity index (χ2v) is 9.31. The van der Waals surface area contributed by atoms with Crippen molar-refractivity contribution < 1.29 is 12.6 Å². The first-order chi connectivity index (χ1) is 16.5. The molecule has 0 saturated heterocycles. The number of hydrogen-bond acceptors (Lipinski definition) is 5. The summed E-state index contributed by atoms with van der Waals surface area (Å²) in [4.78, 5) is 0.117. The highest BCUT2D eigenvalue weighted by Gasteiger charge is 2.17. The molecule has 0 atom stereocenters. The van der Waals surface area contributed by atoms with Crippen molar-refractivity contribution in [2.45, 2.75) is 4.90 Å². The van der Waals surface area contributed by atoms with Crippen molar-refractivity contribution in [1.82, 2.24) is 0 Å². The van der Waals surface area contributed by atoms with Gasteiger partial charge in [0.1, 0.15) is 10.6 Å². The lowest BCUT2D eigenvalue weighted by Gasteiger charge is -2.11. The van der Waals surface area contributed by atoms with E-state index < -0.39 is 10.1 Å². The number of fused-ring (bicyclic) bond motifs is 1. The van der Waals surface area contributed by atoms with Crippen molar-refractivity contribution in [2.75, 3.05) is 10.6 Å². The highest BCUT2D eigenvalue weighted by Crippen LogP contribution is 2.27. The second kappa shape index (κ2) is 9.29. The molecule has 5 aromatic rings. The van der Waals surface area contributed by atoms with E-state index in [2.05, 4.69) is 10.6 Å². The van der Waals surface area contributed by atoms with Crippen LogP contribution in [0.4, 0.5) is 22.7 Å². The summed E-state index contributed by atoms with van der Waals surface area (Å²) in [5, 5.41) is 8.44. The van der Waals surface area contributed by atoms with Gasteiger partial charge in [-0.15, -0.1) is 0 Å². The number of para-hydroxylation sites is 1. The van der Waals surface area contributed by atoms with E-state index in [4.69, 9.17) is 4.18 Å². The first-order valence-electron chi connectivity index (χ1n) is 10.8. The molecular weight excluding hydrogens is 444 g/mol. The molecule has 5 nitrogen and oxygen atoms in total. The minimum absolute atomic E-state index is 0.117. The highest BCUT2D eigenvalue weighted by atomic mass is 32.2. The molecule has 5 rings (SSSR count). The average Bonchev–Trinajstić information content (AvgIpc) is 2.85. The molecule has 0 unspecified atom stereocenters. The van der Waals surface area contributed by atoms with Gasteiger partial charge in [-0.3, -0.25) is 0 Å². The summed E-state index contributed by atoms with van der Waals surface area (Å²) in [5.74, 6) is 0.237. The van der Waals surface area contributed by atoms with Crippen molar-refractivity contribution in [3.63, 3.8) is 0 Å². The van der Waals surface area contributed by atoms with Crippen LogP contribution in [0.3, 0.4) is 0 Å². The van der Waals surface area contributed by atoms with Crippen LogP contribution in [0, 0.1) is 0 Å². The molecule has 0 spiro atoms. The molecule has 0 radical (unpaired) electrons. The minimum atomic E-state index is -3.97. The highest BCUT2D eigenvalue weighted by molar-refractivity contribution is 7.87. The molecule has 34 heavy (non-hydrogen) atoms. The standard InChI is InChI=1S/C28H22N2O3S/c31-34(32,28-18-13-21-7-4-5-8-22(21)19-28)33-27-12-6-11-26(20-27)30-25-16-14-24(15-17-25)29-23-9-2-1-3-10-23/h1-20,29-30H. The largest absolute Gasteiger partial charge is 0.379 e. The molecule has 0 aliphatic carbocycles. The van der Waals surface area contributed by atoms with E-state index in [0.29, 0.717) is 0 Å². The molecule has 2 N–H and O–H groups in total. The van der Waals surface area contributed by atoms with E-state index in [0.717, 1.165) is 33.5 Å². The predicted octanol–water partition coefficient (Wildman–Crippen LogP) is 7.09. The van der Waals surface area contributed by atoms with E-state index in [1.165, 1.54) is 0 Å². The van der Waals surface area contributed by atoms with Gasteiger partial charge in [-0.25, -0.2) is 0 Å². The Morgan fingerprint density at radius 2 is 1.09 bits per heavy atom. The lowest BCUT2D eigenvalue weighted by atomic mass is 10.1. The summed E-state index contributed by atoms with van der Waals surface area (Å²) in [6.07, 6.45) is 0. The third kappa shape index (κ3) is 5.03. The Balaban J connectivity index is 1.29. The van der Waals surface area contributed by atoms with E-state index in [-0.39, 0.29) is 10.6 Å². The van der Waals surface area contributed by atoms with Crippen molar-refractivity contribution in [1.29, 1.82) is 0 Å². The van der Waals surface area contributed by atoms with Crippen LogP contribution in [0.5, 0.6) is 5.75 Å². The number of hydrogen-bond donors (Lipinski definition) is 2. The monoisotopic (exact) mass is 466 g/mol. The Kier molecular flexibility index (Phi) is 5.89. The lowest BCUT2D eigenvalue weighted by Crippen LogP contribution is -2.09. The molecule has 0 aromatic heterocycles. The van der Waals surface area contributed by atoms with Crippen molar-refractivity contribution in [3.8, 4) is 5.75 Å². The van der Waals surface area contributed by atoms with E-state index in [9.17, 15) is 8.42 Å². The van der Waals surface area contributed by atoms with Crippen molar-refractivity contribution in [3.05, 3.63) is 121 Å². The number of nitrogens with one attached hydrogen (secondary N) is 2. The van der Waals surface area contributed by atoms with E-state index >= 15 is 0 Å². The maximum absolute atomic E-state index is 12.9. The summed E-state index contributed by atoms with van der Waals surface area (Å²) in [5.41, 5.74) is 3.57. The topological polar surface area (TPSA) is 67.4 Å². The Labute approximate surface area is 198 Å². The molecule has 0 aliphatic heterocycles. The summed E-state index contributed by atoms with van der Waals surface area (Å²) in [6.45, 7) is 0. The van der Waals surface area contributed by atoms with Gasteiger partial charge in [0, 0.05) is 28.8 Å². The van der Waals surface area contributed by atoms with Crippen molar-refractivity contribution in [2.24, 2.45) is 0 Å². The molecular formula is C28H22N2O3S. The maximum Gasteiger partial charge on any atom is 0.339 e. The van der Waals surface area contributed by atoms with Gasteiger partial charge in [0.2, 0.25) is 0 Å². The van der Waals surface area contributed by atoms with Crippen LogP contribution < -0.4 is 14.8 Å². The van der Waals surface area contributed by atoms with Crippen LogP contribution in [0.1, 0.15) is 0 Å². The number of anilines is 4. The SMILES string of the molecule is O=S(=O)(Oc1cccc(Nc2ccc(Nc3ccccc3)cc2)c1)c1ccc2ccccc2c1. The Hall–Kier alpha value is -4.29. The van der Waals surface area contributed by atoms with Crippen LogP contribution in [0.15, 0.2) is 126 Å². The molecule has 0 aliphatic rings. The first-order valence-corrected chi connectivity index (χ1v) is 12.2. The van der Waals surface area contributed by atoms with Crippen LogP contribution >= 0.6 is 0 Å². The average molecular weight is 467 g/mol. The normalized spacial score (nSPS) is 11.2. The van der Waals surface area contributed by atoms with Gasteiger partial charge in [0.05, 0.1) is 0 Å². The predicted molar refractivity (Wildman–Crippen MR) is 138 cm³/mol. The fourth-order valence-electron chi connectivity index (χ4n) is 3.62. The molecule has 0 saturated carbocycles. The molecule has 168 valence electrons. The van der Waals surface area contributed by atoms with Gasteiger partial charge in [0.15, 0.2) is 0 Å². The summed E-state index contributed by atoms with van der Waals surface area (Å²) in [6, 6.07) is 37.2. The van der Waals surface area contributed by atoms with Crippen LogP contribution in [-0.2, 0) is 10.1 Å². The zero-order valence-electron chi connectivity index (χ0n) is 18.2. The fraction of sp³-hybridized carbons (Fsp3) is 0. The molecule has 6 heteroatoms. The van der Waals surface area contributed by atoms with Gasteiger partial charge < -0.3 is 14.8 Å². The molecule has 0 amide bonds. The Bertz CT molecular complexity index is 1530. The van der Waals surface area contributed by atoms with Gasteiger partial charge >= 0.3 is 10.1 Å². The minimum Gasteiger partial charge on any atom is -0.379 e. The second-order valence-electron chi connectivity index (χ2n) is 7.77. The summed E-state index contributed by atoms with van der Waals surface area (Å²) < 4.78 is 31.1. The smallest absolute Gasteiger partial charge is 0.339 e. The fourth-order valence-corrected chi connectivity index (χ4v) is 4.57. The van der Waals surface area contributed by atoms with E-state index in [1.807, 2.05) is 84.9 Å². The van der Waals surface area contributed by atoms with Gasteiger partial charge in [0.25, 0.3) is 0 Å².